The predicted octanol–water partition coefficient (Wildman–Crippen LogP) is 3.34. The van der Waals surface area contributed by atoms with Crippen LogP contribution in [0, 0.1) is 0 Å². The van der Waals surface area contributed by atoms with Gasteiger partial charge in [-0.2, -0.15) is 0 Å². The van der Waals surface area contributed by atoms with Gasteiger partial charge in [0, 0.05) is 27.5 Å². The number of hydrogen-bond donors (Lipinski definition) is 1. The van der Waals surface area contributed by atoms with E-state index in [-0.39, 0.29) is 12.2 Å². The number of thiazole rings is 1. The zero-order chi connectivity index (χ0) is 21.5. The van der Waals surface area contributed by atoms with E-state index >= 15 is 0 Å². The van der Waals surface area contributed by atoms with Gasteiger partial charge < -0.3 is 9.72 Å². The van der Waals surface area contributed by atoms with Crippen molar-refractivity contribution in [2.75, 3.05) is 6.61 Å². The van der Waals surface area contributed by atoms with Gasteiger partial charge in [-0.25, -0.2) is 9.79 Å². The van der Waals surface area contributed by atoms with Crippen LogP contribution in [0.5, 0.6) is 0 Å². The van der Waals surface area contributed by atoms with Crippen molar-refractivity contribution in [3.05, 3.63) is 89.4 Å². The van der Waals surface area contributed by atoms with Crippen LogP contribution in [0.4, 0.5) is 0 Å². The van der Waals surface area contributed by atoms with Crippen LogP contribution in [0.15, 0.2) is 69.0 Å². The lowest BCUT2D eigenvalue weighted by Gasteiger charge is -2.23. The zero-order valence-electron chi connectivity index (χ0n) is 16.9. The molecular formula is C23H19N3O3S2. The second kappa shape index (κ2) is 7.79. The molecule has 0 spiro atoms. The van der Waals surface area contributed by atoms with Crippen LogP contribution >= 0.6 is 22.7 Å². The first-order valence-electron chi connectivity index (χ1n) is 9.87. The molecule has 156 valence electrons. The summed E-state index contributed by atoms with van der Waals surface area (Å²) in [5.41, 5.74) is 2.78. The Morgan fingerprint density at radius 3 is 2.90 bits per heavy atom. The first-order valence-corrected chi connectivity index (χ1v) is 11.6. The molecule has 0 saturated carbocycles. The summed E-state index contributed by atoms with van der Waals surface area (Å²) in [6.07, 6.45) is 3.78. The first kappa shape index (κ1) is 19.7. The Labute approximate surface area is 185 Å². The number of benzene rings is 1. The molecule has 31 heavy (non-hydrogen) atoms. The summed E-state index contributed by atoms with van der Waals surface area (Å²) in [4.78, 5) is 35.6. The Morgan fingerprint density at radius 1 is 1.29 bits per heavy atom. The van der Waals surface area contributed by atoms with Crippen molar-refractivity contribution in [3.8, 4) is 0 Å². The van der Waals surface area contributed by atoms with E-state index in [1.54, 1.807) is 18.4 Å². The van der Waals surface area contributed by atoms with Crippen molar-refractivity contribution in [1.29, 1.82) is 0 Å². The third-order valence-corrected chi connectivity index (χ3v) is 7.15. The number of aromatic nitrogens is 2. The fourth-order valence-corrected chi connectivity index (χ4v) is 5.72. The zero-order valence-corrected chi connectivity index (χ0v) is 18.5. The molecule has 8 heteroatoms. The van der Waals surface area contributed by atoms with E-state index in [0.29, 0.717) is 20.6 Å². The third kappa shape index (κ3) is 3.28. The number of aromatic amines is 1. The molecule has 4 aromatic rings. The highest BCUT2D eigenvalue weighted by Gasteiger charge is 2.33. The second-order valence-corrected chi connectivity index (χ2v) is 9.10. The van der Waals surface area contributed by atoms with Gasteiger partial charge in [0.2, 0.25) is 0 Å². The molecule has 1 aliphatic rings. The van der Waals surface area contributed by atoms with Crippen LogP contribution in [0.3, 0.4) is 0 Å². The molecule has 5 rings (SSSR count). The van der Waals surface area contributed by atoms with Crippen LogP contribution in [0.1, 0.15) is 30.3 Å². The predicted molar refractivity (Wildman–Crippen MR) is 123 cm³/mol. The molecule has 4 heterocycles. The molecule has 3 aromatic heterocycles. The Morgan fingerprint density at radius 2 is 2.13 bits per heavy atom. The number of allylic oxidation sites excluding steroid dienone is 1. The number of nitrogens with one attached hydrogen (secondary N) is 1. The molecule has 6 nitrogen and oxygen atoms in total. The van der Waals surface area contributed by atoms with Crippen LogP contribution < -0.4 is 14.9 Å². The number of esters is 1. The number of H-pyrrole nitrogens is 1. The standard InChI is InChI=1S/C23H19N3O3S2/c1-3-29-22(28)19-13(2)25-23-26(20(19)17-9-6-10-30-17)21(27)18(31-23)11-14-12-24-16-8-5-4-7-15(14)16/h4-12,20,24H,3H2,1-2H3/b18-11+. The van der Waals surface area contributed by atoms with E-state index in [1.807, 2.05) is 54.1 Å². The van der Waals surface area contributed by atoms with Gasteiger partial charge in [0.05, 0.1) is 22.4 Å². The number of hydrogen-bond acceptors (Lipinski definition) is 6. The normalized spacial score (nSPS) is 16.5. The maximum atomic E-state index is 13.5. The van der Waals surface area contributed by atoms with E-state index in [9.17, 15) is 9.59 Å². The summed E-state index contributed by atoms with van der Waals surface area (Å²) in [6, 6.07) is 11.3. The maximum absolute atomic E-state index is 13.5. The number of fused-ring (bicyclic) bond motifs is 2. The smallest absolute Gasteiger partial charge is 0.338 e. The third-order valence-electron chi connectivity index (χ3n) is 5.24. The lowest BCUT2D eigenvalue weighted by atomic mass is 10.0. The highest BCUT2D eigenvalue weighted by molar-refractivity contribution is 7.10. The number of carbonyl (C=O) groups excluding carboxylic acids is 1. The molecule has 0 fully saturated rings. The topological polar surface area (TPSA) is 76.4 Å². The molecule has 1 aliphatic heterocycles. The Balaban J connectivity index is 1.73. The summed E-state index contributed by atoms with van der Waals surface area (Å²) in [6.45, 7) is 3.83. The minimum absolute atomic E-state index is 0.165. The average Bonchev–Trinajstić information content (AvgIpc) is 3.48. The summed E-state index contributed by atoms with van der Waals surface area (Å²) in [7, 11) is 0. The lowest BCUT2D eigenvalue weighted by Crippen LogP contribution is -2.39. The van der Waals surface area contributed by atoms with Crippen LogP contribution in [-0.4, -0.2) is 22.1 Å². The Bertz CT molecular complexity index is 1500. The molecule has 0 aliphatic carbocycles. The fraction of sp³-hybridized carbons (Fsp3) is 0.174. The lowest BCUT2D eigenvalue weighted by molar-refractivity contribution is -0.139. The van der Waals surface area contributed by atoms with E-state index in [1.165, 1.54) is 22.7 Å². The number of nitrogens with zero attached hydrogens (tertiary/aromatic N) is 2. The van der Waals surface area contributed by atoms with E-state index in [2.05, 4.69) is 9.98 Å². The average molecular weight is 450 g/mol. The molecule has 1 aromatic carbocycles. The van der Waals surface area contributed by atoms with Crippen molar-refractivity contribution in [2.45, 2.75) is 19.9 Å². The second-order valence-electron chi connectivity index (χ2n) is 7.11. The molecule has 1 atom stereocenters. The highest BCUT2D eigenvalue weighted by Crippen LogP contribution is 2.33. The number of para-hydroxylation sites is 1. The van der Waals surface area contributed by atoms with Crippen molar-refractivity contribution >= 4 is 45.6 Å². The summed E-state index contributed by atoms with van der Waals surface area (Å²) in [5.74, 6) is -0.437. The summed E-state index contributed by atoms with van der Waals surface area (Å²) >= 11 is 2.84. The number of thiophene rings is 1. The number of rotatable bonds is 4. The number of carbonyl (C=O) groups is 1. The van der Waals surface area contributed by atoms with Crippen LogP contribution in [0.25, 0.3) is 17.0 Å². The molecule has 1 unspecified atom stereocenters. The van der Waals surface area contributed by atoms with Crippen LogP contribution in [-0.2, 0) is 9.53 Å². The van der Waals surface area contributed by atoms with E-state index < -0.39 is 12.0 Å². The molecule has 0 amide bonds. The van der Waals surface area contributed by atoms with Crippen molar-refractivity contribution in [1.82, 2.24) is 9.55 Å². The number of ether oxygens (including phenoxy) is 1. The largest absolute Gasteiger partial charge is 0.463 e. The van der Waals surface area contributed by atoms with Crippen molar-refractivity contribution < 1.29 is 9.53 Å². The molecular weight excluding hydrogens is 430 g/mol. The van der Waals surface area contributed by atoms with Crippen LogP contribution in [0.2, 0.25) is 0 Å². The maximum Gasteiger partial charge on any atom is 0.338 e. The molecule has 0 bridgehead atoms. The summed E-state index contributed by atoms with van der Waals surface area (Å²) in [5, 5.41) is 2.99. The first-order chi connectivity index (χ1) is 15.1. The highest BCUT2D eigenvalue weighted by atomic mass is 32.1. The van der Waals surface area contributed by atoms with Gasteiger partial charge >= 0.3 is 5.97 Å². The quantitative estimate of drug-likeness (QED) is 0.486. The van der Waals surface area contributed by atoms with Gasteiger partial charge in [0.1, 0.15) is 6.04 Å². The molecule has 0 saturated heterocycles. The van der Waals surface area contributed by atoms with Crippen molar-refractivity contribution in [3.63, 3.8) is 0 Å². The minimum atomic E-state index is -0.541. The fourth-order valence-electron chi connectivity index (χ4n) is 3.86. The SMILES string of the molecule is CCOC(=O)C1=C(C)N=c2s/c(=C/c3c[nH]c4ccccc34)c(=O)n2C1c1cccs1. The minimum Gasteiger partial charge on any atom is -0.463 e. The molecule has 0 radical (unpaired) electrons. The van der Waals surface area contributed by atoms with E-state index in [4.69, 9.17) is 4.74 Å². The van der Waals surface area contributed by atoms with Gasteiger partial charge in [-0.3, -0.25) is 9.36 Å². The van der Waals surface area contributed by atoms with E-state index in [0.717, 1.165) is 21.3 Å². The summed E-state index contributed by atoms with van der Waals surface area (Å²) < 4.78 is 7.49. The van der Waals surface area contributed by atoms with Gasteiger partial charge in [-0.15, -0.1) is 11.3 Å². The van der Waals surface area contributed by atoms with Gasteiger partial charge in [0.25, 0.3) is 5.56 Å². The van der Waals surface area contributed by atoms with Crippen molar-refractivity contribution in [2.24, 2.45) is 4.99 Å². The molecule has 1 N–H and O–H groups in total. The Hall–Kier alpha value is -3.23. The van der Waals surface area contributed by atoms with Gasteiger partial charge in [0.15, 0.2) is 4.80 Å². The van der Waals surface area contributed by atoms with Gasteiger partial charge in [-0.05, 0) is 37.4 Å². The monoisotopic (exact) mass is 449 g/mol. The Kier molecular flexibility index (Phi) is 4.95. The van der Waals surface area contributed by atoms with Gasteiger partial charge in [-0.1, -0.05) is 35.6 Å².